The number of hydrogen-bond donors (Lipinski definition) is 1. The van der Waals surface area contributed by atoms with Crippen molar-refractivity contribution in [1.29, 1.82) is 0 Å². The summed E-state index contributed by atoms with van der Waals surface area (Å²) in [5.74, 6) is 0. The van der Waals surface area contributed by atoms with E-state index in [1.807, 2.05) is 0 Å². The average Bonchev–Trinajstić information content (AvgIpc) is 2.37. The van der Waals surface area contributed by atoms with Gasteiger partial charge in [-0.2, -0.15) is 0 Å². The number of nitrogens with two attached hydrogens (primary N) is 1. The van der Waals surface area contributed by atoms with Crippen molar-refractivity contribution in [3.63, 3.8) is 0 Å². The number of fused-ring (bicyclic) bond motifs is 1. The molecule has 0 saturated carbocycles. The second-order valence-corrected chi connectivity index (χ2v) is 3.29. The van der Waals surface area contributed by atoms with E-state index < -0.39 is 0 Å². The smallest absolute Gasteiger partial charge is 0.0349 e. The molecule has 2 atom stereocenters. The Morgan fingerprint density at radius 2 is 2.44 bits per heavy atom. The van der Waals surface area contributed by atoms with E-state index in [9.17, 15) is 0 Å². The molecule has 0 radical (unpaired) electrons. The Morgan fingerprint density at radius 3 is 2.89 bits per heavy atom. The maximum atomic E-state index is 5.49. The van der Waals surface area contributed by atoms with E-state index in [0.717, 1.165) is 6.54 Å². The molecule has 0 aromatic rings. The first-order chi connectivity index (χ1) is 4.37. The lowest BCUT2D eigenvalue weighted by molar-refractivity contribution is 0.472. The van der Waals surface area contributed by atoms with Crippen molar-refractivity contribution in [2.75, 3.05) is 19.6 Å². The molecule has 2 heteroatoms. The van der Waals surface area contributed by atoms with Crippen LogP contribution in [-0.4, -0.2) is 30.1 Å². The fourth-order valence-electron chi connectivity index (χ4n) is 2.10. The fourth-order valence-corrected chi connectivity index (χ4v) is 2.10. The molecule has 0 aliphatic carbocycles. The standard InChI is InChI=1S/C7H14N2/c8-4-3-7-2-1-5-9(7)6-7/h1-6,8H2. The van der Waals surface area contributed by atoms with E-state index in [-0.39, 0.29) is 0 Å². The van der Waals surface area contributed by atoms with Crippen molar-refractivity contribution in [2.45, 2.75) is 24.8 Å². The van der Waals surface area contributed by atoms with Gasteiger partial charge in [-0.25, -0.2) is 0 Å². The zero-order valence-electron chi connectivity index (χ0n) is 5.77. The van der Waals surface area contributed by atoms with E-state index in [1.54, 1.807) is 0 Å². The zero-order valence-corrected chi connectivity index (χ0v) is 5.77. The Morgan fingerprint density at radius 1 is 1.56 bits per heavy atom. The van der Waals surface area contributed by atoms with Crippen molar-refractivity contribution in [2.24, 2.45) is 5.73 Å². The van der Waals surface area contributed by atoms with E-state index in [0.29, 0.717) is 5.54 Å². The van der Waals surface area contributed by atoms with E-state index in [1.165, 1.54) is 32.4 Å². The van der Waals surface area contributed by atoms with Crippen LogP contribution in [0.2, 0.25) is 0 Å². The number of hydrogen-bond acceptors (Lipinski definition) is 2. The van der Waals surface area contributed by atoms with Gasteiger partial charge in [0.1, 0.15) is 0 Å². The van der Waals surface area contributed by atoms with Gasteiger partial charge in [-0.15, -0.1) is 0 Å². The normalized spacial score (nSPS) is 47.0. The second kappa shape index (κ2) is 1.70. The lowest BCUT2D eigenvalue weighted by Gasteiger charge is -2.06. The molecule has 2 N–H and O–H groups in total. The monoisotopic (exact) mass is 126 g/mol. The molecule has 52 valence electrons. The maximum Gasteiger partial charge on any atom is 0.0349 e. The molecule has 2 unspecified atom stereocenters. The van der Waals surface area contributed by atoms with Gasteiger partial charge in [-0.3, -0.25) is 4.90 Å². The van der Waals surface area contributed by atoms with Crippen LogP contribution >= 0.6 is 0 Å². The Balaban J connectivity index is 1.95. The third-order valence-corrected chi connectivity index (χ3v) is 2.73. The molecule has 2 heterocycles. The summed E-state index contributed by atoms with van der Waals surface area (Å²) < 4.78 is 0. The van der Waals surface area contributed by atoms with Crippen LogP contribution in [0.4, 0.5) is 0 Å². The summed E-state index contributed by atoms with van der Waals surface area (Å²) in [6.45, 7) is 3.54. The van der Waals surface area contributed by atoms with Gasteiger partial charge in [0.05, 0.1) is 0 Å². The van der Waals surface area contributed by atoms with Crippen LogP contribution in [0.25, 0.3) is 0 Å². The van der Waals surface area contributed by atoms with Gasteiger partial charge < -0.3 is 5.73 Å². The molecular weight excluding hydrogens is 112 g/mol. The molecule has 0 aromatic carbocycles. The first-order valence-electron chi connectivity index (χ1n) is 3.82. The molecule has 2 rings (SSSR count). The highest BCUT2D eigenvalue weighted by atomic mass is 15.4. The zero-order chi connectivity index (χ0) is 6.32. The summed E-state index contributed by atoms with van der Waals surface area (Å²) in [5.41, 5.74) is 6.11. The lowest BCUT2D eigenvalue weighted by Crippen LogP contribution is -2.17. The molecule has 0 spiro atoms. The summed E-state index contributed by atoms with van der Waals surface area (Å²) in [5, 5.41) is 0. The summed E-state index contributed by atoms with van der Waals surface area (Å²) in [4.78, 5) is 2.56. The summed E-state index contributed by atoms with van der Waals surface area (Å²) >= 11 is 0. The SMILES string of the molecule is NCCC12CCCN1C2. The lowest BCUT2D eigenvalue weighted by atomic mass is 10.0. The minimum atomic E-state index is 0.620. The van der Waals surface area contributed by atoms with Crippen LogP contribution in [-0.2, 0) is 0 Å². The summed E-state index contributed by atoms with van der Waals surface area (Å²) in [6, 6.07) is 0. The quantitative estimate of drug-likeness (QED) is 0.535. The number of piperidine rings is 1. The average molecular weight is 126 g/mol. The van der Waals surface area contributed by atoms with Crippen molar-refractivity contribution >= 4 is 0 Å². The first kappa shape index (κ1) is 5.69. The van der Waals surface area contributed by atoms with Crippen molar-refractivity contribution in [3.8, 4) is 0 Å². The largest absolute Gasteiger partial charge is 0.330 e. The second-order valence-electron chi connectivity index (χ2n) is 3.29. The van der Waals surface area contributed by atoms with Crippen molar-refractivity contribution in [1.82, 2.24) is 4.90 Å². The first-order valence-corrected chi connectivity index (χ1v) is 3.82. The van der Waals surface area contributed by atoms with Crippen LogP contribution < -0.4 is 5.73 Å². The van der Waals surface area contributed by atoms with Crippen LogP contribution in [0.1, 0.15) is 19.3 Å². The maximum absolute atomic E-state index is 5.49. The van der Waals surface area contributed by atoms with Crippen LogP contribution in [0, 0.1) is 0 Å². The summed E-state index contributed by atoms with van der Waals surface area (Å²) in [7, 11) is 0. The minimum Gasteiger partial charge on any atom is -0.330 e. The Labute approximate surface area is 56.0 Å². The number of nitrogens with zero attached hydrogens (tertiary/aromatic N) is 1. The number of rotatable bonds is 2. The van der Waals surface area contributed by atoms with Crippen LogP contribution in [0.5, 0.6) is 0 Å². The fraction of sp³-hybridized carbons (Fsp3) is 1.00. The predicted octanol–water partition coefficient (Wildman–Crippen LogP) is 0.183. The molecule has 2 aliphatic heterocycles. The molecule has 0 aromatic heterocycles. The van der Waals surface area contributed by atoms with Gasteiger partial charge in [-0.1, -0.05) is 0 Å². The van der Waals surface area contributed by atoms with Gasteiger partial charge in [0.15, 0.2) is 0 Å². The van der Waals surface area contributed by atoms with E-state index in [2.05, 4.69) is 4.90 Å². The molecule has 2 saturated heterocycles. The molecule has 2 nitrogen and oxygen atoms in total. The Kier molecular flexibility index (Phi) is 1.08. The third-order valence-electron chi connectivity index (χ3n) is 2.73. The predicted molar refractivity (Wildman–Crippen MR) is 37.2 cm³/mol. The minimum absolute atomic E-state index is 0.620. The van der Waals surface area contributed by atoms with Crippen molar-refractivity contribution < 1.29 is 0 Å². The van der Waals surface area contributed by atoms with Gasteiger partial charge in [0.2, 0.25) is 0 Å². The van der Waals surface area contributed by atoms with E-state index in [4.69, 9.17) is 5.73 Å². The molecular formula is C7H14N2. The highest BCUT2D eigenvalue weighted by Crippen LogP contribution is 2.44. The molecule has 2 fully saturated rings. The molecule has 2 aliphatic rings. The highest BCUT2D eigenvalue weighted by Gasteiger charge is 2.53. The molecule has 9 heavy (non-hydrogen) atoms. The highest BCUT2D eigenvalue weighted by molar-refractivity contribution is 5.10. The van der Waals surface area contributed by atoms with Crippen LogP contribution in [0.15, 0.2) is 0 Å². The topological polar surface area (TPSA) is 29.0 Å². The van der Waals surface area contributed by atoms with Gasteiger partial charge in [0, 0.05) is 12.1 Å². The summed E-state index contributed by atoms with van der Waals surface area (Å²) in [6.07, 6.45) is 4.04. The molecule has 0 bridgehead atoms. The van der Waals surface area contributed by atoms with Crippen LogP contribution in [0.3, 0.4) is 0 Å². The van der Waals surface area contributed by atoms with Gasteiger partial charge in [0.25, 0.3) is 0 Å². The van der Waals surface area contributed by atoms with E-state index >= 15 is 0 Å². The Hall–Kier alpha value is -0.0800. The third kappa shape index (κ3) is 0.700. The van der Waals surface area contributed by atoms with Crippen molar-refractivity contribution in [3.05, 3.63) is 0 Å². The van der Waals surface area contributed by atoms with Gasteiger partial charge >= 0.3 is 0 Å². The Bertz CT molecular complexity index is 124. The van der Waals surface area contributed by atoms with Gasteiger partial charge in [-0.05, 0) is 32.4 Å². The molecule has 0 amide bonds.